The average molecular weight is 360 g/mol. The molecule has 2 N–H and O–H groups in total. The maximum Gasteiger partial charge on any atom is 0.252 e. The molecule has 2 aromatic heterocycles. The van der Waals surface area contributed by atoms with Gasteiger partial charge in [0.15, 0.2) is 0 Å². The largest absolute Gasteiger partial charge is 0.361 e. The summed E-state index contributed by atoms with van der Waals surface area (Å²) in [5.74, 6) is 0.940. The first-order valence-corrected chi connectivity index (χ1v) is 9.68. The summed E-state index contributed by atoms with van der Waals surface area (Å²) in [4.78, 5) is 22.3. The summed E-state index contributed by atoms with van der Waals surface area (Å²) in [5, 5.41) is 4.54. The van der Waals surface area contributed by atoms with Gasteiger partial charge in [-0.1, -0.05) is 12.1 Å². The van der Waals surface area contributed by atoms with Crippen LogP contribution in [0, 0.1) is 5.92 Å². The Morgan fingerprint density at radius 3 is 3.11 bits per heavy atom. The van der Waals surface area contributed by atoms with Crippen molar-refractivity contribution >= 4 is 16.8 Å². The van der Waals surface area contributed by atoms with E-state index in [0.29, 0.717) is 30.0 Å². The van der Waals surface area contributed by atoms with Crippen molar-refractivity contribution in [2.75, 3.05) is 20.1 Å². The summed E-state index contributed by atoms with van der Waals surface area (Å²) in [6, 6.07) is 10.8. The van der Waals surface area contributed by atoms with Gasteiger partial charge in [-0.05, 0) is 55.1 Å². The molecule has 27 heavy (non-hydrogen) atoms. The van der Waals surface area contributed by atoms with E-state index in [1.165, 1.54) is 22.0 Å². The fourth-order valence-electron chi connectivity index (χ4n) is 5.04. The second-order valence-electron chi connectivity index (χ2n) is 7.95. The summed E-state index contributed by atoms with van der Waals surface area (Å²) in [5.41, 5.74) is 4.78. The number of likely N-dealkylation sites (tertiary alicyclic amines) is 1. The predicted octanol–water partition coefficient (Wildman–Crippen LogP) is 2.95. The molecule has 5 heteroatoms. The van der Waals surface area contributed by atoms with Gasteiger partial charge in [0, 0.05) is 54.5 Å². The van der Waals surface area contributed by atoms with Crippen molar-refractivity contribution in [3.8, 4) is 0 Å². The number of benzene rings is 1. The van der Waals surface area contributed by atoms with E-state index < -0.39 is 0 Å². The number of pyridine rings is 1. The van der Waals surface area contributed by atoms with Gasteiger partial charge in [-0.25, -0.2) is 0 Å². The normalized spacial score (nSPS) is 24.6. The first kappa shape index (κ1) is 16.5. The molecule has 138 valence electrons. The molecule has 1 aliphatic carbocycles. The van der Waals surface area contributed by atoms with Gasteiger partial charge in [0.25, 0.3) is 5.91 Å². The average Bonchev–Trinajstić information content (AvgIpc) is 3.12. The number of aromatic nitrogens is 2. The summed E-state index contributed by atoms with van der Waals surface area (Å²) in [6.07, 6.45) is 7.71. The molecule has 0 radical (unpaired) electrons. The number of aromatic amines is 1. The zero-order chi connectivity index (χ0) is 18.4. The van der Waals surface area contributed by atoms with E-state index in [4.69, 9.17) is 0 Å². The number of carbonyl (C=O) groups is 1. The molecule has 0 spiro atoms. The van der Waals surface area contributed by atoms with Gasteiger partial charge in [0.2, 0.25) is 0 Å². The summed E-state index contributed by atoms with van der Waals surface area (Å²) >= 11 is 0. The lowest BCUT2D eigenvalue weighted by molar-refractivity contribution is 0.0890. The van der Waals surface area contributed by atoms with Crippen molar-refractivity contribution in [1.29, 1.82) is 0 Å². The minimum atomic E-state index is -0.0356. The van der Waals surface area contributed by atoms with Crippen LogP contribution in [0.3, 0.4) is 0 Å². The zero-order valence-corrected chi connectivity index (χ0v) is 15.5. The van der Waals surface area contributed by atoms with E-state index in [-0.39, 0.29) is 5.91 Å². The van der Waals surface area contributed by atoms with Crippen LogP contribution in [0.2, 0.25) is 0 Å². The summed E-state index contributed by atoms with van der Waals surface area (Å²) in [7, 11) is 2.23. The van der Waals surface area contributed by atoms with Gasteiger partial charge < -0.3 is 15.2 Å². The van der Waals surface area contributed by atoms with Gasteiger partial charge in [-0.2, -0.15) is 0 Å². The fourth-order valence-corrected chi connectivity index (χ4v) is 5.04. The SMILES string of the molecule is CN1CC(CNC(=O)c2cccnc2)CC2c3cccc4[nH]cc(c34)CC21. The third-order valence-electron chi connectivity index (χ3n) is 6.29. The van der Waals surface area contributed by atoms with Crippen molar-refractivity contribution in [2.24, 2.45) is 5.92 Å². The lowest BCUT2D eigenvalue weighted by Gasteiger charge is -2.45. The number of amides is 1. The first-order chi connectivity index (χ1) is 13.2. The molecule has 2 aliphatic rings. The molecule has 3 atom stereocenters. The van der Waals surface area contributed by atoms with E-state index in [0.717, 1.165) is 19.4 Å². The van der Waals surface area contributed by atoms with Crippen LogP contribution in [0.15, 0.2) is 48.9 Å². The van der Waals surface area contributed by atoms with Gasteiger partial charge >= 0.3 is 0 Å². The van der Waals surface area contributed by atoms with Crippen LogP contribution < -0.4 is 5.32 Å². The van der Waals surface area contributed by atoms with Crippen LogP contribution in [0.1, 0.15) is 33.8 Å². The molecule has 1 amide bonds. The second-order valence-corrected chi connectivity index (χ2v) is 7.95. The van der Waals surface area contributed by atoms with E-state index in [2.05, 4.69) is 51.6 Å². The van der Waals surface area contributed by atoms with Crippen molar-refractivity contribution in [1.82, 2.24) is 20.2 Å². The minimum Gasteiger partial charge on any atom is -0.361 e. The molecule has 1 fully saturated rings. The molecule has 0 bridgehead atoms. The number of nitrogens with one attached hydrogen (secondary N) is 2. The lowest BCUT2D eigenvalue weighted by atomic mass is 9.72. The van der Waals surface area contributed by atoms with E-state index in [1.54, 1.807) is 24.5 Å². The molecule has 0 saturated carbocycles. The topological polar surface area (TPSA) is 61.0 Å². The van der Waals surface area contributed by atoms with Crippen LogP contribution in [-0.2, 0) is 6.42 Å². The van der Waals surface area contributed by atoms with Gasteiger partial charge in [-0.3, -0.25) is 9.78 Å². The first-order valence-electron chi connectivity index (χ1n) is 9.68. The Balaban J connectivity index is 1.35. The monoisotopic (exact) mass is 360 g/mol. The van der Waals surface area contributed by atoms with Crippen LogP contribution in [0.4, 0.5) is 0 Å². The second kappa shape index (κ2) is 6.50. The highest BCUT2D eigenvalue weighted by Gasteiger charge is 2.39. The quantitative estimate of drug-likeness (QED) is 0.755. The van der Waals surface area contributed by atoms with Crippen LogP contribution in [-0.4, -0.2) is 47.0 Å². The van der Waals surface area contributed by atoms with Crippen molar-refractivity contribution in [2.45, 2.75) is 24.8 Å². The predicted molar refractivity (Wildman–Crippen MR) is 106 cm³/mol. The highest BCUT2D eigenvalue weighted by Crippen LogP contribution is 2.44. The number of nitrogens with zero attached hydrogens (tertiary/aromatic N) is 2. The molecular weight excluding hydrogens is 336 g/mol. The molecule has 3 unspecified atom stereocenters. The van der Waals surface area contributed by atoms with Crippen molar-refractivity contribution in [3.63, 3.8) is 0 Å². The molecule has 3 aromatic rings. The minimum absolute atomic E-state index is 0.0356. The third kappa shape index (κ3) is 2.82. The van der Waals surface area contributed by atoms with E-state index in [9.17, 15) is 4.79 Å². The summed E-state index contributed by atoms with van der Waals surface area (Å²) < 4.78 is 0. The maximum absolute atomic E-state index is 12.4. The highest BCUT2D eigenvalue weighted by atomic mass is 16.1. The highest BCUT2D eigenvalue weighted by molar-refractivity contribution is 5.93. The number of carbonyl (C=O) groups excluding carboxylic acids is 1. The number of hydrogen-bond donors (Lipinski definition) is 2. The van der Waals surface area contributed by atoms with Gasteiger partial charge in [0.05, 0.1) is 5.56 Å². The molecule has 1 saturated heterocycles. The Kier molecular flexibility index (Phi) is 3.97. The third-order valence-corrected chi connectivity index (χ3v) is 6.29. The van der Waals surface area contributed by atoms with Crippen molar-refractivity contribution in [3.05, 3.63) is 65.6 Å². The Morgan fingerprint density at radius 2 is 2.26 bits per heavy atom. The Morgan fingerprint density at radius 1 is 1.33 bits per heavy atom. The van der Waals surface area contributed by atoms with Gasteiger partial charge in [0.1, 0.15) is 0 Å². The fraction of sp³-hybridized carbons (Fsp3) is 0.364. The van der Waals surface area contributed by atoms with Crippen LogP contribution in [0.5, 0.6) is 0 Å². The van der Waals surface area contributed by atoms with E-state index >= 15 is 0 Å². The molecule has 1 aromatic carbocycles. The molecular formula is C22H24N4O. The molecule has 5 nitrogen and oxygen atoms in total. The van der Waals surface area contributed by atoms with Crippen LogP contribution >= 0.6 is 0 Å². The standard InChI is InChI=1S/C22H24N4O/c1-26-13-14(10-25-22(27)15-4-3-7-23-11-15)8-18-17-5-2-6-19-21(17)16(12-24-19)9-20(18)26/h2-7,11-12,14,18,20,24H,8-10,13H2,1H3,(H,25,27). The lowest BCUT2D eigenvalue weighted by Crippen LogP contribution is -2.50. The maximum atomic E-state index is 12.4. The molecule has 1 aliphatic heterocycles. The Hall–Kier alpha value is -2.66. The molecule has 5 rings (SSSR count). The van der Waals surface area contributed by atoms with Crippen molar-refractivity contribution < 1.29 is 4.79 Å². The van der Waals surface area contributed by atoms with Gasteiger partial charge in [-0.15, -0.1) is 0 Å². The Labute approximate surface area is 158 Å². The Bertz CT molecular complexity index is 980. The number of rotatable bonds is 3. The van der Waals surface area contributed by atoms with E-state index in [1.807, 2.05) is 0 Å². The smallest absolute Gasteiger partial charge is 0.252 e. The number of likely N-dealkylation sites (N-methyl/N-ethyl adjacent to an activating group) is 1. The summed E-state index contributed by atoms with van der Waals surface area (Å²) in [6.45, 7) is 1.72. The zero-order valence-electron chi connectivity index (χ0n) is 15.5. The number of piperidine rings is 1. The molecule has 3 heterocycles. The number of H-pyrrole nitrogens is 1. The number of fused-ring (bicyclic) bond motifs is 2. The van der Waals surface area contributed by atoms with Crippen LogP contribution in [0.25, 0.3) is 10.9 Å². The number of hydrogen-bond acceptors (Lipinski definition) is 3.